The fourth-order valence-corrected chi connectivity index (χ4v) is 3.52. The third kappa shape index (κ3) is 4.71. The number of hydrogen-bond acceptors (Lipinski definition) is 6. The number of carbonyl (C=O) groups excluding carboxylic acids is 1. The van der Waals surface area contributed by atoms with E-state index >= 15 is 0 Å². The first-order chi connectivity index (χ1) is 14.1. The zero-order valence-electron chi connectivity index (χ0n) is 17.1. The molecule has 2 heterocycles. The Hall–Kier alpha value is -3.00. The second-order valence-electron chi connectivity index (χ2n) is 6.82. The van der Waals surface area contributed by atoms with E-state index in [-0.39, 0.29) is 18.0 Å². The van der Waals surface area contributed by atoms with Gasteiger partial charge in [-0.25, -0.2) is 0 Å². The van der Waals surface area contributed by atoms with Gasteiger partial charge in [0.15, 0.2) is 11.5 Å². The lowest BCUT2D eigenvalue weighted by Crippen LogP contribution is -2.49. The summed E-state index contributed by atoms with van der Waals surface area (Å²) in [6, 6.07) is 8.73. The normalized spacial score (nSPS) is 14.5. The second-order valence-corrected chi connectivity index (χ2v) is 6.82. The first-order valence-electron chi connectivity index (χ1n) is 9.50. The van der Waals surface area contributed by atoms with E-state index in [4.69, 9.17) is 14.2 Å². The fraction of sp³-hybridized carbons (Fsp3) is 0.429. The number of pyridine rings is 1. The van der Waals surface area contributed by atoms with Gasteiger partial charge in [0.2, 0.25) is 11.7 Å². The van der Waals surface area contributed by atoms with Crippen molar-refractivity contribution in [3.8, 4) is 17.2 Å². The number of nitrogens with zero attached hydrogens (tertiary/aromatic N) is 3. The molecule has 1 fully saturated rings. The minimum atomic E-state index is -0.167. The van der Waals surface area contributed by atoms with Crippen LogP contribution in [0.4, 0.5) is 0 Å². The van der Waals surface area contributed by atoms with E-state index in [1.165, 1.54) is 10.6 Å². The van der Waals surface area contributed by atoms with Crippen molar-refractivity contribution < 1.29 is 19.0 Å². The van der Waals surface area contributed by atoms with Crippen molar-refractivity contribution in [2.45, 2.75) is 13.1 Å². The molecule has 8 heteroatoms. The first-order valence-corrected chi connectivity index (χ1v) is 9.50. The number of carbonyl (C=O) groups is 1. The highest BCUT2D eigenvalue weighted by molar-refractivity contribution is 5.76. The second kappa shape index (κ2) is 9.47. The highest BCUT2D eigenvalue weighted by Crippen LogP contribution is 2.40. The molecule has 0 saturated carbocycles. The van der Waals surface area contributed by atoms with Crippen LogP contribution in [0.25, 0.3) is 0 Å². The van der Waals surface area contributed by atoms with Gasteiger partial charge in [-0.2, -0.15) is 0 Å². The van der Waals surface area contributed by atoms with Crippen LogP contribution in [0.3, 0.4) is 0 Å². The van der Waals surface area contributed by atoms with Gasteiger partial charge in [-0.1, -0.05) is 12.1 Å². The Morgan fingerprint density at radius 2 is 1.66 bits per heavy atom. The summed E-state index contributed by atoms with van der Waals surface area (Å²) < 4.78 is 17.8. The molecular formula is C21H27N3O5. The molecular weight excluding hydrogens is 374 g/mol. The molecule has 2 aromatic rings. The lowest BCUT2D eigenvalue weighted by molar-refractivity contribution is -0.133. The van der Waals surface area contributed by atoms with Crippen molar-refractivity contribution in [2.24, 2.45) is 0 Å². The number of piperazine rings is 1. The van der Waals surface area contributed by atoms with Crippen molar-refractivity contribution in [1.29, 1.82) is 0 Å². The number of aromatic nitrogens is 1. The van der Waals surface area contributed by atoms with Crippen LogP contribution >= 0.6 is 0 Å². The number of hydrogen-bond donors (Lipinski definition) is 0. The molecule has 0 bridgehead atoms. The van der Waals surface area contributed by atoms with Gasteiger partial charge in [0.1, 0.15) is 6.54 Å². The standard InChI is InChI=1S/C21H27N3O5/c1-27-17-8-7-16(20(28-2)21(17)29-3)14-22-10-12-23(13-11-22)19(26)15-24-9-5-4-6-18(24)25/h4-9H,10-15H2,1-3H3. The van der Waals surface area contributed by atoms with Crippen molar-refractivity contribution >= 4 is 5.91 Å². The molecule has 1 aliphatic heterocycles. The van der Waals surface area contributed by atoms with Crippen molar-refractivity contribution in [3.63, 3.8) is 0 Å². The molecule has 8 nitrogen and oxygen atoms in total. The van der Waals surface area contributed by atoms with Gasteiger partial charge >= 0.3 is 0 Å². The van der Waals surface area contributed by atoms with E-state index in [0.717, 1.165) is 18.7 Å². The SMILES string of the molecule is COc1ccc(CN2CCN(C(=O)Cn3ccccc3=O)CC2)c(OC)c1OC. The maximum absolute atomic E-state index is 12.5. The lowest BCUT2D eigenvalue weighted by Gasteiger charge is -2.35. The van der Waals surface area contributed by atoms with Crippen LogP contribution in [0.5, 0.6) is 17.2 Å². The van der Waals surface area contributed by atoms with Crippen LogP contribution in [0, 0.1) is 0 Å². The monoisotopic (exact) mass is 401 g/mol. The van der Waals surface area contributed by atoms with Gasteiger partial charge in [0.05, 0.1) is 21.3 Å². The van der Waals surface area contributed by atoms with E-state index in [9.17, 15) is 9.59 Å². The number of amides is 1. The molecule has 29 heavy (non-hydrogen) atoms. The topological polar surface area (TPSA) is 73.2 Å². The molecule has 1 aromatic heterocycles. The zero-order valence-corrected chi connectivity index (χ0v) is 17.1. The summed E-state index contributed by atoms with van der Waals surface area (Å²) in [5.41, 5.74) is 0.834. The lowest BCUT2D eigenvalue weighted by atomic mass is 10.1. The average Bonchev–Trinajstić information content (AvgIpc) is 2.75. The molecule has 156 valence electrons. The van der Waals surface area contributed by atoms with Gasteiger partial charge in [0.25, 0.3) is 5.56 Å². The number of ether oxygens (including phenoxy) is 3. The molecule has 1 aliphatic rings. The molecule has 0 unspecified atom stereocenters. The largest absolute Gasteiger partial charge is 0.493 e. The highest BCUT2D eigenvalue weighted by Gasteiger charge is 2.23. The van der Waals surface area contributed by atoms with Crippen LogP contribution in [0.2, 0.25) is 0 Å². The summed E-state index contributed by atoms with van der Waals surface area (Å²) in [6.45, 7) is 3.48. The van der Waals surface area contributed by atoms with Gasteiger partial charge in [-0.05, 0) is 12.1 Å². The van der Waals surface area contributed by atoms with Crippen LogP contribution in [-0.4, -0.2) is 67.8 Å². The van der Waals surface area contributed by atoms with Gasteiger partial charge in [-0.15, -0.1) is 0 Å². The van der Waals surface area contributed by atoms with Crippen molar-refractivity contribution in [3.05, 3.63) is 52.4 Å². The molecule has 0 aliphatic carbocycles. The molecule has 0 atom stereocenters. The highest BCUT2D eigenvalue weighted by atomic mass is 16.5. The Balaban J connectivity index is 1.61. The third-order valence-corrected chi connectivity index (χ3v) is 5.11. The zero-order chi connectivity index (χ0) is 20.8. The Kier molecular flexibility index (Phi) is 6.77. The maximum atomic E-state index is 12.5. The quantitative estimate of drug-likeness (QED) is 0.695. The number of methoxy groups -OCH3 is 3. The Morgan fingerprint density at radius 3 is 2.28 bits per heavy atom. The smallest absolute Gasteiger partial charge is 0.250 e. The van der Waals surface area contributed by atoms with E-state index < -0.39 is 0 Å². The Bertz CT molecular complexity index is 903. The van der Waals surface area contributed by atoms with Gasteiger partial charge < -0.3 is 23.7 Å². The molecule has 1 aromatic carbocycles. The molecule has 0 spiro atoms. The van der Waals surface area contributed by atoms with E-state index in [1.54, 1.807) is 39.7 Å². The number of benzene rings is 1. The van der Waals surface area contributed by atoms with Crippen LogP contribution < -0.4 is 19.8 Å². The summed E-state index contributed by atoms with van der Waals surface area (Å²) >= 11 is 0. The van der Waals surface area contributed by atoms with Gasteiger partial charge in [0, 0.05) is 50.6 Å². The van der Waals surface area contributed by atoms with Crippen LogP contribution in [0.15, 0.2) is 41.3 Å². The fourth-order valence-electron chi connectivity index (χ4n) is 3.52. The Morgan fingerprint density at radius 1 is 0.931 bits per heavy atom. The van der Waals surface area contributed by atoms with Crippen molar-refractivity contribution in [1.82, 2.24) is 14.4 Å². The molecule has 0 radical (unpaired) electrons. The van der Waals surface area contributed by atoms with E-state index in [0.29, 0.717) is 36.9 Å². The molecule has 1 amide bonds. The predicted octanol–water partition coefficient (Wildman–Crippen LogP) is 1.22. The molecule has 3 rings (SSSR count). The predicted molar refractivity (Wildman–Crippen MR) is 109 cm³/mol. The minimum Gasteiger partial charge on any atom is -0.493 e. The summed E-state index contributed by atoms with van der Waals surface area (Å²) in [6.07, 6.45) is 1.64. The van der Waals surface area contributed by atoms with Crippen molar-refractivity contribution in [2.75, 3.05) is 47.5 Å². The average molecular weight is 401 g/mol. The molecule has 0 N–H and O–H groups in total. The first kappa shape index (κ1) is 20.7. The Labute approximate surface area is 170 Å². The number of rotatable bonds is 7. The summed E-state index contributed by atoms with van der Waals surface area (Å²) in [4.78, 5) is 28.4. The van der Waals surface area contributed by atoms with Gasteiger partial charge in [-0.3, -0.25) is 14.5 Å². The molecule has 1 saturated heterocycles. The minimum absolute atomic E-state index is 0.0401. The van der Waals surface area contributed by atoms with Crippen LogP contribution in [0.1, 0.15) is 5.56 Å². The van der Waals surface area contributed by atoms with Crippen LogP contribution in [-0.2, 0) is 17.9 Å². The third-order valence-electron chi connectivity index (χ3n) is 5.11. The summed E-state index contributed by atoms with van der Waals surface area (Å²) in [7, 11) is 4.80. The van der Waals surface area contributed by atoms with E-state index in [2.05, 4.69) is 4.90 Å². The van der Waals surface area contributed by atoms with E-state index in [1.807, 2.05) is 17.0 Å². The maximum Gasteiger partial charge on any atom is 0.250 e. The summed E-state index contributed by atoms with van der Waals surface area (Å²) in [5, 5.41) is 0. The summed E-state index contributed by atoms with van der Waals surface area (Å²) in [5.74, 6) is 1.82.